The zero-order valence-corrected chi connectivity index (χ0v) is 18.3. The number of fused-ring (bicyclic) bond motifs is 3. The van der Waals surface area contributed by atoms with Gasteiger partial charge in [0.15, 0.2) is 23.1 Å². The Morgan fingerprint density at radius 3 is 2.33 bits per heavy atom. The molecule has 5 rings (SSSR count). The number of H-pyrrole nitrogens is 1. The number of halogens is 2. The average Bonchev–Trinajstić information content (AvgIpc) is 3.43. The SMILES string of the molecule is COc1cc(OC)c(F)c(N2Cc3cnc4[nH]c(-c5cnn(C)c5)cc4c3N(C)C2=O)c1F. The van der Waals surface area contributed by atoms with E-state index in [1.165, 1.54) is 19.1 Å². The Balaban J connectivity index is 1.64. The number of aryl methyl sites for hydroxylation is 1. The number of pyridine rings is 1. The van der Waals surface area contributed by atoms with Crippen LogP contribution in [-0.2, 0) is 13.6 Å². The molecule has 0 bridgehead atoms. The topological polar surface area (TPSA) is 88.5 Å². The van der Waals surface area contributed by atoms with Crippen LogP contribution in [0.4, 0.5) is 25.0 Å². The summed E-state index contributed by atoms with van der Waals surface area (Å²) >= 11 is 0. The van der Waals surface area contributed by atoms with Crippen LogP contribution < -0.4 is 19.3 Å². The third-order valence-corrected chi connectivity index (χ3v) is 5.72. The molecule has 2 amide bonds. The number of benzene rings is 1. The Kier molecular flexibility index (Phi) is 4.69. The number of aromatic nitrogens is 4. The summed E-state index contributed by atoms with van der Waals surface area (Å²) in [6, 6.07) is 2.38. The van der Waals surface area contributed by atoms with Gasteiger partial charge in [-0.15, -0.1) is 0 Å². The fourth-order valence-electron chi connectivity index (χ4n) is 4.13. The Labute approximate surface area is 187 Å². The van der Waals surface area contributed by atoms with Crippen LogP contribution in [0.3, 0.4) is 0 Å². The van der Waals surface area contributed by atoms with E-state index < -0.39 is 23.4 Å². The van der Waals surface area contributed by atoms with E-state index in [2.05, 4.69) is 15.1 Å². The summed E-state index contributed by atoms with van der Waals surface area (Å²) in [4.78, 5) is 23.4. The number of nitrogens with zero attached hydrogens (tertiary/aromatic N) is 5. The summed E-state index contributed by atoms with van der Waals surface area (Å²) in [5.74, 6) is -2.44. The van der Waals surface area contributed by atoms with Crippen LogP contribution in [0.5, 0.6) is 11.5 Å². The molecule has 0 fully saturated rings. The van der Waals surface area contributed by atoms with Gasteiger partial charge in [0.05, 0.1) is 38.3 Å². The summed E-state index contributed by atoms with van der Waals surface area (Å²) in [6.45, 7) is -0.0843. The van der Waals surface area contributed by atoms with E-state index in [4.69, 9.17) is 9.47 Å². The van der Waals surface area contributed by atoms with Crippen molar-refractivity contribution in [2.24, 2.45) is 7.05 Å². The van der Waals surface area contributed by atoms with E-state index in [0.717, 1.165) is 22.2 Å². The van der Waals surface area contributed by atoms with Gasteiger partial charge in [-0.05, 0) is 6.07 Å². The zero-order valence-electron chi connectivity index (χ0n) is 18.3. The number of methoxy groups -OCH3 is 2. The molecule has 170 valence electrons. The van der Waals surface area contributed by atoms with Gasteiger partial charge in [-0.2, -0.15) is 5.10 Å². The van der Waals surface area contributed by atoms with Gasteiger partial charge >= 0.3 is 6.03 Å². The first-order valence-corrected chi connectivity index (χ1v) is 9.98. The molecular formula is C22H20F2N6O3. The molecule has 0 saturated heterocycles. The van der Waals surface area contributed by atoms with Crippen LogP contribution in [0.15, 0.2) is 30.7 Å². The van der Waals surface area contributed by atoms with E-state index >= 15 is 8.78 Å². The van der Waals surface area contributed by atoms with Crippen molar-refractivity contribution in [3.05, 3.63) is 47.9 Å². The van der Waals surface area contributed by atoms with Crippen molar-refractivity contribution in [1.29, 1.82) is 0 Å². The van der Waals surface area contributed by atoms with Gasteiger partial charge in [-0.3, -0.25) is 14.5 Å². The molecule has 11 heteroatoms. The van der Waals surface area contributed by atoms with Crippen molar-refractivity contribution in [2.45, 2.75) is 6.54 Å². The van der Waals surface area contributed by atoms with E-state index in [-0.39, 0.29) is 18.0 Å². The number of amides is 2. The first kappa shape index (κ1) is 20.7. The number of hydrogen-bond donors (Lipinski definition) is 1. The highest BCUT2D eigenvalue weighted by Gasteiger charge is 2.36. The summed E-state index contributed by atoms with van der Waals surface area (Å²) < 4.78 is 41.9. The number of hydrogen-bond acceptors (Lipinski definition) is 5. The fourth-order valence-corrected chi connectivity index (χ4v) is 4.13. The molecule has 0 unspecified atom stereocenters. The summed E-state index contributed by atoms with van der Waals surface area (Å²) in [5, 5.41) is 4.89. The lowest BCUT2D eigenvalue weighted by Crippen LogP contribution is -2.46. The zero-order chi connectivity index (χ0) is 23.4. The minimum Gasteiger partial charge on any atom is -0.493 e. The van der Waals surface area contributed by atoms with Crippen molar-refractivity contribution in [3.8, 4) is 22.8 Å². The van der Waals surface area contributed by atoms with E-state index in [1.807, 2.05) is 19.3 Å². The number of ether oxygens (including phenoxy) is 2. The van der Waals surface area contributed by atoms with Crippen molar-refractivity contribution in [1.82, 2.24) is 19.7 Å². The van der Waals surface area contributed by atoms with Crippen LogP contribution >= 0.6 is 0 Å². The van der Waals surface area contributed by atoms with Crippen LogP contribution in [0, 0.1) is 11.6 Å². The molecule has 3 aromatic heterocycles. The number of nitrogens with one attached hydrogen (secondary N) is 1. The molecule has 1 N–H and O–H groups in total. The number of carbonyl (C=O) groups excluding carboxylic acids is 1. The average molecular weight is 454 g/mol. The van der Waals surface area contributed by atoms with Crippen molar-refractivity contribution < 1.29 is 23.0 Å². The molecule has 0 saturated carbocycles. The Hall–Kier alpha value is -4.15. The molecule has 4 heterocycles. The number of carbonyl (C=O) groups is 1. The highest BCUT2D eigenvalue weighted by Crippen LogP contribution is 2.42. The lowest BCUT2D eigenvalue weighted by molar-refractivity contribution is 0.250. The number of urea groups is 1. The van der Waals surface area contributed by atoms with Gasteiger partial charge in [0, 0.05) is 49.1 Å². The van der Waals surface area contributed by atoms with Gasteiger partial charge in [0.1, 0.15) is 11.3 Å². The first-order valence-electron chi connectivity index (χ1n) is 9.98. The van der Waals surface area contributed by atoms with Gasteiger partial charge < -0.3 is 14.5 Å². The Bertz CT molecular complexity index is 1380. The minimum atomic E-state index is -0.990. The fraction of sp³-hybridized carbons (Fsp3) is 0.227. The number of rotatable bonds is 4. The summed E-state index contributed by atoms with van der Waals surface area (Å²) in [7, 11) is 5.88. The second-order valence-corrected chi connectivity index (χ2v) is 7.67. The largest absolute Gasteiger partial charge is 0.493 e. The minimum absolute atomic E-state index is 0.0843. The Morgan fingerprint density at radius 2 is 1.73 bits per heavy atom. The van der Waals surface area contributed by atoms with Crippen LogP contribution in [0.25, 0.3) is 22.3 Å². The molecule has 0 aliphatic carbocycles. The van der Waals surface area contributed by atoms with Crippen LogP contribution in [-0.4, -0.2) is 47.0 Å². The molecule has 9 nitrogen and oxygen atoms in total. The molecule has 0 radical (unpaired) electrons. The molecule has 0 spiro atoms. The summed E-state index contributed by atoms with van der Waals surface area (Å²) in [6.07, 6.45) is 5.16. The maximum atomic E-state index is 15.1. The smallest absolute Gasteiger partial charge is 0.329 e. The van der Waals surface area contributed by atoms with E-state index in [9.17, 15) is 4.79 Å². The second kappa shape index (κ2) is 7.47. The van der Waals surface area contributed by atoms with Gasteiger partial charge in [0.25, 0.3) is 0 Å². The molecule has 0 atom stereocenters. The lowest BCUT2D eigenvalue weighted by Gasteiger charge is -2.35. The second-order valence-electron chi connectivity index (χ2n) is 7.67. The number of aromatic amines is 1. The van der Waals surface area contributed by atoms with Gasteiger partial charge in [-0.1, -0.05) is 0 Å². The highest BCUT2D eigenvalue weighted by molar-refractivity contribution is 6.11. The lowest BCUT2D eigenvalue weighted by atomic mass is 10.1. The van der Waals surface area contributed by atoms with Gasteiger partial charge in [-0.25, -0.2) is 18.6 Å². The number of anilines is 2. The van der Waals surface area contributed by atoms with Crippen LogP contribution in [0.2, 0.25) is 0 Å². The van der Waals surface area contributed by atoms with E-state index in [0.29, 0.717) is 22.3 Å². The molecular weight excluding hydrogens is 434 g/mol. The summed E-state index contributed by atoms with van der Waals surface area (Å²) in [5.41, 5.74) is 2.94. The maximum absolute atomic E-state index is 15.1. The highest BCUT2D eigenvalue weighted by atomic mass is 19.1. The van der Waals surface area contributed by atoms with Gasteiger partial charge in [0.2, 0.25) is 0 Å². The maximum Gasteiger partial charge on any atom is 0.329 e. The van der Waals surface area contributed by atoms with Crippen molar-refractivity contribution in [3.63, 3.8) is 0 Å². The molecule has 1 aliphatic heterocycles. The predicted octanol–water partition coefficient (Wildman–Crippen LogP) is 3.84. The molecule has 1 aromatic carbocycles. The van der Waals surface area contributed by atoms with Crippen LogP contribution in [0.1, 0.15) is 5.56 Å². The first-order chi connectivity index (χ1) is 15.8. The predicted molar refractivity (Wildman–Crippen MR) is 118 cm³/mol. The van der Waals surface area contributed by atoms with E-state index in [1.54, 1.807) is 24.1 Å². The monoisotopic (exact) mass is 454 g/mol. The van der Waals surface area contributed by atoms with Crippen molar-refractivity contribution in [2.75, 3.05) is 31.1 Å². The molecule has 1 aliphatic rings. The molecule has 33 heavy (non-hydrogen) atoms. The molecule has 4 aromatic rings. The Morgan fingerprint density at radius 1 is 1.03 bits per heavy atom. The quantitative estimate of drug-likeness (QED) is 0.506. The normalized spacial score (nSPS) is 13.6. The standard InChI is InChI=1S/C22H20F2N6O3/c1-28-9-11(8-26-28)14-5-13-19-12(7-25-21(13)27-14)10-30(22(31)29(19)2)20-17(23)15(32-3)6-16(33-4)18(20)24/h5-9H,10H2,1-4H3,(H,25,27). The third-order valence-electron chi connectivity index (χ3n) is 5.72. The van der Waals surface area contributed by atoms with Crippen molar-refractivity contribution >= 4 is 28.4 Å². The third kappa shape index (κ3) is 3.07.